The van der Waals surface area contributed by atoms with E-state index >= 15 is 0 Å². The first-order valence-electron chi connectivity index (χ1n) is 3.88. The van der Waals surface area contributed by atoms with Gasteiger partial charge in [-0.15, -0.1) is 0 Å². The number of hydrogen-bond acceptors (Lipinski definition) is 1. The molecule has 0 aliphatic heterocycles. The zero-order chi connectivity index (χ0) is 10.7. The van der Waals surface area contributed by atoms with Crippen molar-refractivity contribution in [3.8, 4) is 0 Å². The molecule has 0 unspecified atom stereocenters. The molecule has 0 spiro atoms. The van der Waals surface area contributed by atoms with E-state index in [9.17, 15) is 13.6 Å². The lowest BCUT2D eigenvalue weighted by Crippen LogP contribution is -1.94. The number of rotatable bonds is 2. The van der Waals surface area contributed by atoms with Gasteiger partial charge in [0.2, 0.25) is 0 Å². The highest BCUT2D eigenvalue weighted by molar-refractivity contribution is 5.89. The van der Waals surface area contributed by atoms with E-state index in [0.29, 0.717) is 0 Å². The summed E-state index contributed by atoms with van der Waals surface area (Å²) in [6.45, 7) is 1.41. The summed E-state index contributed by atoms with van der Waals surface area (Å²) in [5, 5.41) is 8.41. The van der Waals surface area contributed by atoms with Crippen molar-refractivity contribution in [1.29, 1.82) is 0 Å². The van der Waals surface area contributed by atoms with Gasteiger partial charge in [-0.25, -0.2) is 13.6 Å². The van der Waals surface area contributed by atoms with Gasteiger partial charge in [0, 0.05) is 11.6 Å². The molecule has 0 heterocycles. The molecule has 1 aromatic rings. The Morgan fingerprint density at radius 3 is 2.64 bits per heavy atom. The molecule has 74 valence electrons. The predicted molar refractivity (Wildman–Crippen MR) is 47.6 cm³/mol. The molecule has 0 aliphatic rings. The number of carbonyl (C=O) groups is 1. The van der Waals surface area contributed by atoms with Crippen LogP contribution in [0, 0.1) is 11.6 Å². The van der Waals surface area contributed by atoms with Crippen LogP contribution in [0.1, 0.15) is 12.5 Å². The van der Waals surface area contributed by atoms with Gasteiger partial charge < -0.3 is 5.11 Å². The lowest BCUT2D eigenvalue weighted by molar-refractivity contribution is -0.131. The van der Waals surface area contributed by atoms with E-state index in [1.54, 1.807) is 0 Å². The van der Waals surface area contributed by atoms with Crippen molar-refractivity contribution >= 4 is 11.5 Å². The van der Waals surface area contributed by atoms with Gasteiger partial charge in [0.05, 0.1) is 0 Å². The van der Waals surface area contributed by atoms with Crippen LogP contribution < -0.4 is 0 Å². The highest BCUT2D eigenvalue weighted by atomic mass is 19.2. The number of hydrogen-bond donors (Lipinski definition) is 1. The quantitative estimate of drug-likeness (QED) is 0.741. The van der Waals surface area contributed by atoms with E-state index in [1.807, 2.05) is 0 Å². The second-order valence-corrected chi connectivity index (χ2v) is 2.77. The molecule has 4 heteroatoms. The van der Waals surface area contributed by atoms with E-state index in [0.717, 1.165) is 12.1 Å². The minimum Gasteiger partial charge on any atom is -0.478 e. The van der Waals surface area contributed by atoms with Crippen LogP contribution in [0.2, 0.25) is 0 Å². The molecule has 0 saturated carbocycles. The fourth-order valence-corrected chi connectivity index (χ4v) is 1.07. The first-order chi connectivity index (χ1) is 6.52. The number of carboxylic acid groups (broad SMARTS) is 1. The fourth-order valence-electron chi connectivity index (χ4n) is 1.07. The van der Waals surface area contributed by atoms with Gasteiger partial charge in [-0.05, 0) is 18.6 Å². The Balaban J connectivity index is 3.20. The third kappa shape index (κ3) is 2.16. The Morgan fingerprint density at radius 2 is 2.07 bits per heavy atom. The molecule has 14 heavy (non-hydrogen) atoms. The van der Waals surface area contributed by atoms with Crippen LogP contribution >= 0.6 is 0 Å². The zero-order valence-corrected chi connectivity index (χ0v) is 7.42. The molecule has 0 atom stereocenters. The molecule has 0 aromatic heterocycles. The zero-order valence-electron chi connectivity index (χ0n) is 7.42. The molecule has 1 N–H and O–H groups in total. The highest BCUT2D eigenvalue weighted by Crippen LogP contribution is 2.19. The summed E-state index contributed by atoms with van der Waals surface area (Å²) < 4.78 is 25.8. The maximum absolute atomic E-state index is 13.1. The summed E-state index contributed by atoms with van der Waals surface area (Å²) >= 11 is 0. The van der Waals surface area contributed by atoms with Crippen molar-refractivity contribution < 1.29 is 18.7 Å². The largest absolute Gasteiger partial charge is 0.478 e. The second kappa shape index (κ2) is 4.00. The van der Waals surface area contributed by atoms with Gasteiger partial charge in [-0.3, -0.25) is 0 Å². The van der Waals surface area contributed by atoms with Crippen LogP contribution in [-0.4, -0.2) is 11.1 Å². The maximum Gasteiger partial charge on any atom is 0.328 e. The molecule has 2 nitrogen and oxygen atoms in total. The summed E-state index contributed by atoms with van der Waals surface area (Å²) in [6, 6.07) is 3.63. The number of halogens is 2. The normalized spacial score (nSPS) is 11.5. The molecule has 0 radical (unpaired) electrons. The van der Waals surface area contributed by atoms with Crippen molar-refractivity contribution in [2.75, 3.05) is 0 Å². The summed E-state index contributed by atoms with van der Waals surface area (Å²) in [4.78, 5) is 10.3. The van der Waals surface area contributed by atoms with E-state index in [-0.39, 0.29) is 11.1 Å². The van der Waals surface area contributed by atoms with Gasteiger partial charge in [0.25, 0.3) is 0 Å². The van der Waals surface area contributed by atoms with Crippen LogP contribution in [0.3, 0.4) is 0 Å². The first kappa shape index (κ1) is 10.4. The van der Waals surface area contributed by atoms with Gasteiger partial charge in [0.15, 0.2) is 11.6 Å². The Morgan fingerprint density at radius 1 is 1.43 bits per heavy atom. The third-order valence-corrected chi connectivity index (χ3v) is 1.72. The molecular weight excluding hydrogens is 190 g/mol. The number of benzene rings is 1. The molecule has 0 amide bonds. The van der Waals surface area contributed by atoms with E-state index in [4.69, 9.17) is 5.11 Å². The predicted octanol–water partition coefficient (Wildman–Crippen LogP) is 2.45. The fraction of sp³-hybridized carbons (Fsp3) is 0.100. The van der Waals surface area contributed by atoms with Crippen molar-refractivity contribution in [3.63, 3.8) is 0 Å². The van der Waals surface area contributed by atoms with Crippen molar-refractivity contribution in [2.45, 2.75) is 6.92 Å². The number of allylic oxidation sites excluding steroid dienone is 1. The van der Waals surface area contributed by atoms with Crippen molar-refractivity contribution in [3.05, 3.63) is 41.5 Å². The van der Waals surface area contributed by atoms with Crippen molar-refractivity contribution in [1.82, 2.24) is 0 Å². The number of carboxylic acids is 1. The summed E-state index contributed by atoms with van der Waals surface area (Å²) in [5.41, 5.74) is 0.141. The van der Waals surface area contributed by atoms with Crippen LogP contribution in [-0.2, 0) is 4.79 Å². The summed E-state index contributed by atoms with van der Waals surface area (Å²) in [6.07, 6.45) is 0.831. The molecule has 1 aromatic carbocycles. The van der Waals surface area contributed by atoms with Crippen LogP contribution in [0.15, 0.2) is 24.3 Å². The van der Waals surface area contributed by atoms with Crippen LogP contribution in [0.25, 0.3) is 5.57 Å². The second-order valence-electron chi connectivity index (χ2n) is 2.77. The number of aliphatic carboxylic acids is 1. The van der Waals surface area contributed by atoms with Crippen molar-refractivity contribution in [2.24, 2.45) is 0 Å². The molecule has 1 rings (SSSR count). The van der Waals surface area contributed by atoms with Gasteiger partial charge >= 0.3 is 5.97 Å². The Hall–Kier alpha value is -1.71. The lowest BCUT2D eigenvalue weighted by atomic mass is 10.1. The lowest BCUT2D eigenvalue weighted by Gasteiger charge is -2.02. The van der Waals surface area contributed by atoms with Gasteiger partial charge in [-0.2, -0.15) is 0 Å². The summed E-state index contributed by atoms with van der Waals surface area (Å²) in [7, 11) is 0. The third-order valence-electron chi connectivity index (χ3n) is 1.72. The molecule has 0 fully saturated rings. The smallest absolute Gasteiger partial charge is 0.328 e. The minimum absolute atomic E-state index is 0.0348. The monoisotopic (exact) mass is 198 g/mol. The van der Waals surface area contributed by atoms with Gasteiger partial charge in [-0.1, -0.05) is 12.1 Å². The average molecular weight is 198 g/mol. The standard InChI is InChI=1S/C10H8F2O2/c1-6(5-9(13)14)7-3-2-4-8(11)10(7)12/h2-5H,1H3,(H,13,14)/b6-5+. The van der Waals surface area contributed by atoms with E-state index in [2.05, 4.69) is 0 Å². The first-order valence-corrected chi connectivity index (χ1v) is 3.88. The Labute approximate surface area is 79.5 Å². The Kier molecular flexibility index (Phi) is 2.96. The van der Waals surface area contributed by atoms with E-state index < -0.39 is 17.6 Å². The van der Waals surface area contributed by atoms with Gasteiger partial charge in [0.1, 0.15) is 0 Å². The highest BCUT2D eigenvalue weighted by Gasteiger charge is 2.09. The topological polar surface area (TPSA) is 37.3 Å². The summed E-state index contributed by atoms with van der Waals surface area (Å²) in [5.74, 6) is -3.20. The van der Waals surface area contributed by atoms with E-state index in [1.165, 1.54) is 19.1 Å². The van der Waals surface area contributed by atoms with Crippen LogP contribution in [0.5, 0.6) is 0 Å². The average Bonchev–Trinajstić information content (AvgIpc) is 2.08. The molecule has 0 aliphatic carbocycles. The minimum atomic E-state index is -1.19. The Bertz CT molecular complexity index is 397. The SMILES string of the molecule is C/C(=C\C(=O)O)c1cccc(F)c1F. The molecule has 0 bridgehead atoms. The maximum atomic E-state index is 13.1. The molecular formula is C10H8F2O2. The molecule has 0 saturated heterocycles. The van der Waals surface area contributed by atoms with Crippen LogP contribution in [0.4, 0.5) is 8.78 Å².